The summed E-state index contributed by atoms with van der Waals surface area (Å²) in [4.78, 5) is 34.9. The molecule has 2 N–H and O–H groups in total. The van der Waals surface area contributed by atoms with E-state index in [2.05, 4.69) is 10.6 Å². The van der Waals surface area contributed by atoms with E-state index in [9.17, 15) is 14.4 Å². The number of oxazole rings is 1. The summed E-state index contributed by atoms with van der Waals surface area (Å²) in [5, 5.41) is 5.42. The predicted molar refractivity (Wildman–Crippen MR) is 85.9 cm³/mol. The number of benzene rings is 1. The zero-order chi connectivity index (χ0) is 16.8. The highest BCUT2D eigenvalue weighted by atomic mass is 16.4. The lowest BCUT2D eigenvalue weighted by Gasteiger charge is -2.09. The van der Waals surface area contributed by atoms with Crippen LogP contribution in [0, 0.1) is 5.92 Å². The maximum atomic E-state index is 11.8. The van der Waals surface area contributed by atoms with Crippen molar-refractivity contribution >= 4 is 22.9 Å². The fraction of sp³-hybridized carbons (Fsp3) is 0.438. The van der Waals surface area contributed by atoms with Gasteiger partial charge in [-0.1, -0.05) is 26.0 Å². The number of aromatic nitrogens is 1. The first-order valence-corrected chi connectivity index (χ1v) is 7.62. The molecule has 2 amide bonds. The van der Waals surface area contributed by atoms with Crippen LogP contribution in [-0.2, 0) is 16.1 Å². The molecule has 0 aliphatic carbocycles. The summed E-state index contributed by atoms with van der Waals surface area (Å²) in [6, 6.07) is 7.09. The van der Waals surface area contributed by atoms with Crippen LogP contribution in [-0.4, -0.2) is 29.5 Å². The van der Waals surface area contributed by atoms with Gasteiger partial charge in [0.1, 0.15) is 0 Å². The van der Waals surface area contributed by atoms with E-state index >= 15 is 0 Å². The Balaban J connectivity index is 1.79. The van der Waals surface area contributed by atoms with Gasteiger partial charge in [0, 0.05) is 32.0 Å². The Morgan fingerprint density at radius 3 is 2.61 bits per heavy atom. The first-order valence-electron chi connectivity index (χ1n) is 7.62. The molecule has 23 heavy (non-hydrogen) atoms. The van der Waals surface area contributed by atoms with E-state index in [4.69, 9.17) is 4.42 Å². The second-order valence-electron chi connectivity index (χ2n) is 5.53. The van der Waals surface area contributed by atoms with Crippen LogP contribution in [0.1, 0.15) is 20.3 Å². The van der Waals surface area contributed by atoms with Crippen molar-refractivity contribution in [3.63, 3.8) is 0 Å². The SMILES string of the molecule is CC(C)C(=O)NCCNC(=O)CCn1c(=O)oc2ccccc21. The van der Waals surface area contributed by atoms with Gasteiger partial charge in [0.25, 0.3) is 0 Å². The minimum Gasteiger partial charge on any atom is -0.408 e. The molecule has 1 aromatic carbocycles. The molecule has 1 heterocycles. The minimum atomic E-state index is -0.469. The number of amides is 2. The second kappa shape index (κ2) is 7.62. The summed E-state index contributed by atoms with van der Waals surface area (Å²) < 4.78 is 6.55. The highest BCUT2D eigenvalue weighted by Crippen LogP contribution is 2.11. The van der Waals surface area contributed by atoms with Crippen molar-refractivity contribution in [2.24, 2.45) is 5.92 Å². The number of nitrogens with zero attached hydrogens (tertiary/aromatic N) is 1. The van der Waals surface area contributed by atoms with Gasteiger partial charge in [-0.15, -0.1) is 0 Å². The topological polar surface area (TPSA) is 93.3 Å². The Bertz CT molecular complexity index is 745. The Labute approximate surface area is 133 Å². The van der Waals surface area contributed by atoms with E-state index in [0.29, 0.717) is 24.2 Å². The van der Waals surface area contributed by atoms with E-state index in [1.165, 1.54) is 4.57 Å². The number of carbonyl (C=O) groups excluding carboxylic acids is 2. The number of hydrogen-bond donors (Lipinski definition) is 2. The third-order valence-electron chi connectivity index (χ3n) is 3.41. The molecule has 124 valence electrons. The van der Waals surface area contributed by atoms with E-state index in [1.807, 2.05) is 6.07 Å². The van der Waals surface area contributed by atoms with Gasteiger partial charge < -0.3 is 15.1 Å². The van der Waals surface area contributed by atoms with Gasteiger partial charge in [-0.05, 0) is 12.1 Å². The molecule has 2 rings (SSSR count). The van der Waals surface area contributed by atoms with Crippen LogP contribution in [0.2, 0.25) is 0 Å². The summed E-state index contributed by atoms with van der Waals surface area (Å²) in [7, 11) is 0. The Hall–Kier alpha value is -2.57. The molecular weight excluding hydrogens is 298 g/mol. The molecule has 0 saturated heterocycles. The molecule has 0 spiro atoms. The lowest BCUT2D eigenvalue weighted by Crippen LogP contribution is -2.36. The number of aryl methyl sites for hydroxylation is 1. The first kappa shape index (κ1) is 16.8. The maximum Gasteiger partial charge on any atom is 0.419 e. The number of rotatable bonds is 7. The van der Waals surface area contributed by atoms with E-state index < -0.39 is 5.76 Å². The fourth-order valence-corrected chi connectivity index (χ4v) is 2.12. The summed E-state index contributed by atoms with van der Waals surface area (Å²) in [5.74, 6) is -0.771. The fourth-order valence-electron chi connectivity index (χ4n) is 2.12. The van der Waals surface area contributed by atoms with Gasteiger partial charge in [-0.2, -0.15) is 0 Å². The second-order valence-corrected chi connectivity index (χ2v) is 5.53. The predicted octanol–water partition coefficient (Wildman–Crippen LogP) is 0.873. The standard InChI is InChI=1S/C16H21N3O4/c1-11(2)15(21)18-9-8-17-14(20)7-10-19-12-5-3-4-6-13(12)23-16(19)22/h3-6,11H,7-10H2,1-2H3,(H,17,20)(H,18,21). The van der Waals surface area contributed by atoms with Crippen molar-refractivity contribution in [3.8, 4) is 0 Å². The van der Waals surface area contributed by atoms with Gasteiger partial charge in [-0.3, -0.25) is 14.2 Å². The summed E-state index contributed by atoms with van der Waals surface area (Å²) in [6.07, 6.45) is 0.168. The van der Waals surface area contributed by atoms with Crippen molar-refractivity contribution < 1.29 is 14.0 Å². The van der Waals surface area contributed by atoms with Crippen LogP contribution in [0.3, 0.4) is 0 Å². The van der Waals surface area contributed by atoms with E-state index in [1.54, 1.807) is 32.0 Å². The Morgan fingerprint density at radius 1 is 1.17 bits per heavy atom. The average Bonchev–Trinajstić information content (AvgIpc) is 2.84. The van der Waals surface area contributed by atoms with Gasteiger partial charge >= 0.3 is 5.76 Å². The Kier molecular flexibility index (Phi) is 5.56. The van der Waals surface area contributed by atoms with Gasteiger partial charge in [0.15, 0.2) is 5.58 Å². The smallest absolute Gasteiger partial charge is 0.408 e. The first-order chi connectivity index (χ1) is 11.0. The summed E-state index contributed by atoms with van der Waals surface area (Å²) >= 11 is 0. The molecule has 1 aromatic heterocycles. The van der Waals surface area contributed by atoms with Crippen LogP contribution < -0.4 is 16.4 Å². The number of hydrogen-bond acceptors (Lipinski definition) is 4. The zero-order valence-electron chi connectivity index (χ0n) is 13.3. The highest BCUT2D eigenvalue weighted by Gasteiger charge is 2.10. The highest BCUT2D eigenvalue weighted by molar-refractivity contribution is 5.78. The normalized spacial score (nSPS) is 10.9. The van der Waals surface area contributed by atoms with Crippen LogP contribution in [0.25, 0.3) is 11.1 Å². The van der Waals surface area contributed by atoms with Crippen LogP contribution in [0.5, 0.6) is 0 Å². The van der Waals surface area contributed by atoms with Crippen molar-refractivity contribution in [1.82, 2.24) is 15.2 Å². The molecule has 0 aliphatic rings. The molecule has 0 aliphatic heterocycles. The number of fused-ring (bicyclic) bond motifs is 1. The molecule has 0 unspecified atom stereocenters. The molecule has 0 saturated carbocycles. The van der Waals surface area contributed by atoms with Gasteiger partial charge in [-0.25, -0.2) is 4.79 Å². The largest absolute Gasteiger partial charge is 0.419 e. The molecule has 0 fully saturated rings. The van der Waals surface area contributed by atoms with Crippen LogP contribution >= 0.6 is 0 Å². The number of nitrogens with one attached hydrogen (secondary N) is 2. The Morgan fingerprint density at radius 2 is 1.87 bits per heavy atom. The molecule has 0 atom stereocenters. The van der Waals surface area contributed by atoms with Crippen molar-refractivity contribution in [2.75, 3.05) is 13.1 Å². The van der Waals surface area contributed by atoms with Gasteiger partial charge in [0.05, 0.1) is 5.52 Å². The van der Waals surface area contributed by atoms with Crippen LogP contribution in [0.15, 0.2) is 33.5 Å². The average molecular weight is 319 g/mol. The van der Waals surface area contributed by atoms with Crippen molar-refractivity contribution in [1.29, 1.82) is 0 Å². The zero-order valence-corrected chi connectivity index (χ0v) is 13.3. The van der Waals surface area contributed by atoms with Gasteiger partial charge in [0.2, 0.25) is 11.8 Å². The maximum absolute atomic E-state index is 11.8. The monoisotopic (exact) mass is 319 g/mol. The lowest BCUT2D eigenvalue weighted by atomic mass is 10.2. The number of para-hydroxylation sites is 2. The molecular formula is C16H21N3O4. The molecule has 0 radical (unpaired) electrons. The summed E-state index contributed by atoms with van der Waals surface area (Å²) in [5.41, 5.74) is 1.18. The lowest BCUT2D eigenvalue weighted by molar-refractivity contribution is -0.124. The molecule has 2 aromatic rings. The number of carbonyl (C=O) groups is 2. The summed E-state index contributed by atoms with van der Waals surface area (Å²) in [6.45, 7) is 4.61. The third kappa shape index (κ3) is 4.45. The minimum absolute atomic E-state index is 0.0457. The third-order valence-corrected chi connectivity index (χ3v) is 3.41. The van der Waals surface area contributed by atoms with E-state index in [-0.39, 0.29) is 30.7 Å². The van der Waals surface area contributed by atoms with E-state index in [0.717, 1.165) is 0 Å². The molecule has 7 heteroatoms. The van der Waals surface area contributed by atoms with Crippen molar-refractivity contribution in [3.05, 3.63) is 34.8 Å². The molecule has 0 bridgehead atoms. The molecule has 7 nitrogen and oxygen atoms in total. The van der Waals surface area contributed by atoms with Crippen molar-refractivity contribution in [2.45, 2.75) is 26.8 Å². The quantitative estimate of drug-likeness (QED) is 0.741. The van der Waals surface area contributed by atoms with Crippen LogP contribution in [0.4, 0.5) is 0 Å².